The third-order valence-corrected chi connectivity index (χ3v) is 6.65. The van der Waals surface area contributed by atoms with Gasteiger partial charge >= 0.3 is 0 Å². The highest BCUT2D eigenvalue weighted by atomic mass is 32.2. The number of sulfonamides is 1. The standard InChI is InChI=1S/C20H21N3O6S/c24-15-19(25)8-7-16-3-1-6-20(13-16)30(28,29)22-11-9-21(10-12-22)17-4-2-5-18(14-17)23(26)27/h1-8,13-14,24H,9-12,15H2/b8-7+. The summed E-state index contributed by atoms with van der Waals surface area (Å²) in [5, 5.41) is 19.7. The highest BCUT2D eigenvalue weighted by molar-refractivity contribution is 7.89. The summed E-state index contributed by atoms with van der Waals surface area (Å²) in [4.78, 5) is 23.8. The van der Waals surface area contributed by atoms with Crippen molar-refractivity contribution in [1.29, 1.82) is 0 Å². The number of nitro benzene ring substituents is 1. The van der Waals surface area contributed by atoms with Gasteiger partial charge in [-0.15, -0.1) is 0 Å². The molecular weight excluding hydrogens is 410 g/mol. The number of carbonyl (C=O) groups excluding carboxylic acids is 1. The molecule has 9 nitrogen and oxygen atoms in total. The second-order valence-electron chi connectivity index (χ2n) is 6.70. The van der Waals surface area contributed by atoms with E-state index in [0.29, 0.717) is 24.3 Å². The lowest BCUT2D eigenvalue weighted by Gasteiger charge is -2.35. The van der Waals surface area contributed by atoms with E-state index in [2.05, 4.69) is 0 Å². The minimum absolute atomic E-state index is 0.00731. The molecule has 0 radical (unpaired) electrons. The van der Waals surface area contributed by atoms with Crippen molar-refractivity contribution in [2.24, 2.45) is 0 Å². The lowest BCUT2D eigenvalue weighted by Crippen LogP contribution is -2.48. The van der Waals surface area contributed by atoms with Crippen LogP contribution in [0.4, 0.5) is 11.4 Å². The number of benzene rings is 2. The smallest absolute Gasteiger partial charge is 0.271 e. The molecule has 0 aliphatic carbocycles. The van der Waals surface area contributed by atoms with E-state index in [1.807, 2.05) is 4.90 Å². The molecule has 0 bridgehead atoms. The van der Waals surface area contributed by atoms with Crippen LogP contribution in [0, 0.1) is 10.1 Å². The van der Waals surface area contributed by atoms with Gasteiger partial charge in [0.2, 0.25) is 10.0 Å². The number of non-ortho nitro benzene ring substituents is 1. The van der Waals surface area contributed by atoms with Crippen molar-refractivity contribution in [3.63, 3.8) is 0 Å². The molecule has 1 heterocycles. The highest BCUT2D eigenvalue weighted by Gasteiger charge is 2.29. The molecule has 1 fully saturated rings. The van der Waals surface area contributed by atoms with Crippen molar-refractivity contribution in [3.05, 3.63) is 70.3 Å². The van der Waals surface area contributed by atoms with E-state index in [-0.39, 0.29) is 23.7 Å². The van der Waals surface area contributed by atoms with Crippen LogP contribution in [0.2, 0.25) is 0 Å². The second-order valence-corrected chi connectivity index (χ2v) is 8.64. The maximum Gasteiger partial charge on any atom is 0.271 e. The molecule has 1 N–H and O–H groups in total. The summed E-state index contributed by atoms with van der Waals surface area (Å²) in [6.07, 6.45) is 2.65. The number of aliphatic hydroxyl groups is 1. The number of aliphatic hydroxyl groups excluding tert-OH is 1. The van der Waals surface area contributed by atoms with Gasteiger partial charge in [-0.1, -0.05) is 24.3 Å². The van der Waals surface area contributed by atoms with Crippen molar-refractivity contribution >= 4 is 33.3 Å². The molecule has 0 unspecified atom stereocenters. The predicted octanol–water partition coefficient (Wildman–Crippen LogP) is 1.68. The van der Waals surface area contributed by atoms with Crippen LogP contribution in [0.3, 0.4) is 0 Å². The SMILES string of the molecule is O=C(/C=C/c1cccc(S(=O)(=O)N2CCN(c3cccc([N+](=O)[O-])c3)CC2)c1)CO. The molecule has 0 spiro atoms. The van der Waals surface area contributed by atoms with Crippen molar-refractivity contribution < 1.29 is 23.2 Å². The summed E-state index contributed by atoms with van der Waals surface area (Å²) in [5.41, 5.74) is 1.21. The van der Waals surface area contributed by atoms with Crippen molar-refractivity contribution in [3.8, 4) is 0 Å². The Balaban J connectivity index is 1.72. The first-order valence-electron chi connectivity index (χ1n) is 9.22. The number of hydrogen-bond acceptors (Lipinski definition) is 7. The zero-order valence-corrected chi connectivity index (χ0v) is 16.9. The Labute approximate surface area is 174 Å². The Kier molecular flexibility index (Phi) is 6.60. The van der Waals surface area contributed by atoms with E-state index in [1.54, 1.807) is 24.3 Å². The monoisotopic (exact) mass is 431 g/mol. The summed E-state index contributed by atoms with van der Waals surface area (Å²) in [6.45, 7) is 0.696. The van der Waals surface area contributed by atoms with Crippen LogP contribution in [0.1, 0.15) is 5.56 Å². The van der Waals surface area contributed by atoms with Gasteiger partial charge in [0.25, 0.3) is 5.69 Å². The average molecular weight is 431 g/mol. The van der Waals surface area contributed by atoms with Crippen molar-refractivity contribution in [2.75, 3.05) is 37.7 Å². The Morgan fingerprint density at radius 1 is 1.10 bits per heavy atom. The lowest BCUT2D eigenvalue weighted by atomic mass is 10.2. The normalized spacial score (nSPS) is 15.4. The van der Waals surface area contributed by atoms with E-state index in [0.717, 1.165) is 0 Å². The van der Waals surface area contributed by atoms with Crippen molar-refractivity contribution in [1.82, 2.24) is 4.31 Å². The van der Waals surface area contributed by atoms with Gasteiger partial charge in [-0.3, -0.25) is 14.9 Å². The molecule has 10 heteroatoms. The molecule has 2 aromatic carbocycles. The fourth-order valence-electron chi connectivity index (χ4n) is 3.16. The summed E-state index contributed by atoms with van der Waals surface area (Å²) < 4.78 is 27.4. The predicted molar refractivity (Wildman–Crippen MR) is 112 cm³/mol. The molecule has 1 aliphatic heterocycles. The van der Waals surface area contributed by atoms with Gasteiger partial charge < -0.3 is 10.0 Å². The van der Waals surface area contributed by atoms with Crippen LogP contribution < -0.4 is 4.90 Å². The molecule has 0 atom stereocenters. The maximum absolute atomic E-state index is 13.0. The Hall–Kier alpha value is -3.08. The van der Waals surface area contributed by atoms with Crippen LogP contribution in [0.5, 0.6) is 0 Å². The van der Waals surface area contributed by atoms with Crippen LogP contribution in [0.25, 0.3) is 6.08 Å². The fourth-order valence-corrected chi connectivity index (χ4v) is 4.64. The lowest BCUT2D eigenvalue weighted by molar-refractivity contribution is -0.384. The third kappa shape index (κ3) is 4.90. The van der Waals surface area contributed by atoms with E-state index in [4.69, 9.17) is 5.11 Å². The first kappa shape index (κ1) is 21.6. The minimum atomic E-state index is -3.73. The van der Waals surface area contributed by atoms with Crippen LogP contribution in [0.15, 0.2) is 59.5 Å². The number of rotatable bonds is 7. The molecule has 3 rings (SSSR count). The number of hydrogen-bond donors (Lipinski definition) is 1. The van der Waals surface area contributed by atoms with Gasteiger partial charge in [0.1, 0.15) is 6.61 Å². The highest BCUT2D eigenvalue weighted by Crippen LogP contribution is 2.24. The summed E-state index contributed by atoms with van der Waals surface area (Å²) in [6, 6.07) is 12.5. The van der Waals surface area contributed by atoms with E-state index in [1.165, 1.54) is 40.7 Å². The van der Waals surface area contributed by atoms with E-state index in [9.17, 15) is 23.3 Å². The number of ketones is 1. The maximum atomic E-state index is 13.0. The van der Waals surface area contributed by atoms with Gasteiger partial charge in [-0.2, -0.15) is 4.31 Å². The number of nitro groups is 1. The van der Waals surface area contributed by atoms with Gasteiger partial charge in [0.15, 0.2) is 5.78 Å². The third-order valence-electron chi connectivity index (χ3n) is 4.76. The topological polar surface area (TPSA) is 121 Å². The number of piperazine rings is 1. The van der Waals surface area contributed by atoms with Crippen LogP contribution >= 0.6 is 0 Å². The molecule has 0 saturated carbocycles. The largest absolute Gasteiger partial charge is 0.388 e. The number of carbonyl (C=O) groups is 1. The minimum Gasteiger partial charge on any atom is -0.388 e. The van der Waals surface area contributed by atoms with E-state index >= 15 is 0 Å². The fraction of sp³-hybridized carbons (Fsp3) is 0.250. The van der Waals surface area contributed by atoms with Crippen LogP contribution in [-0.2, 0) is 14.8 Å². The molecule has 0 amide bonds. The zero-order valence-electron chi connectivity index (χ0n) is 16.0. The Morgan fingerprint density at radius 3 is 2.47 bits per heavy atom. The summed E-state index contributed by atoms with van der Waals surface area (Å²) >= 11 is 0. The molecular formula is C20H21N3O6S. The molecule has 158 valence electrons. The summed E-state index contributed by atoms with van der Waals surface area (Å²) in [5.74, 6) is -0.472. The van der Waals surface area contributed by atoms with Gasteiger partial charge in [0, 0.05) is 44.0 Å². The molecule has 2 aromatic rings. The summed E-state index contributed by atoms with van der Waals surface area (Å²) in [7, 11) is -3.73. The molecule has 1 aliphatic rings. The van der Waals surface area contributed by atoms with Crippen LogP contribution in [-0.4, -0.2) is 61.3 Å². The Bertz CT molecular complexity index is 1080. The van der Waals surface area contributed by atoms with Gasteiger partial charge in [-0.25, -0.2) is 8.42 Å². The number of nitrogens with zero attached hydrogens (tertiary/aromatic N) is 3. The second kappa shape index (κ2) is 9.16. The molecule has 1 saturated heterocycles. The Morgan fingerprint density at radius 2 is 1.80 bits per heavy atom. The number of anilines is 1. The van der Waals surface area contributed by atoms with Gasteiger partial charge in [0.05, 0.1) is 9.82 Å². The molecule has 30 heavy (non-hydrogen) atoms. The first-order valence-corrected chi connectivity index (χ1v) is 10.7. The zero-order chi connectivity index (χ0) is 21.7. The van der Waals surface area contributed by atoms with Crippen molar-refractivity contribution in [2.45, 2.75) is 4.90 Å². The van der Waals surface area contributed by atoms with Gasteiger partial charge in [-0.05, 0) is 29.8 Å². The average Bonchev–Trinajstić information content (AvgIpc) is 2.77. The first-order chi connectivity index (χ1) is 14.3. The quantitative estimate of drug-likeness (QED) is 0.402. The molecule has 0 aromatic heterocycles. The van der Waals surface area contributed by atoms with E-state index < -0.39 is 27.3 Å².